The van der Waals surface area contributed by atoms with Gasteiger partial charge in [-0.15, -0.1) is 0 Å². The van der Waals surface area contributed by atoms with Crippen molar-refractivity contribution in [3.05, 3.63) is 90.4 Å². The van der Waals surface area contributed by atoms with Crippen LogP contribution < -0.4 is 15.4 Å². The van der Waals surface area contributed by atoms with E-state index in [1.165, 1.54) is 34.2 Å². The van der Waals surface area contributed by atoms with Gasteiger partial charge in [0.1, 0.15) is 17.7 Å². The van der Waals surface area contributed by atoms with Gasteiger partial charge in [-0.2, -0.15) is 38.9 Å². The third-order valence-electron chi connectivity index (χ3n) is 9.51. The van der Waals surface area contributed by atoms with Gasteiger partial charge in [0, 0.05) is 37.2 Å². The van der Waals surface area contributed by atoms with Crippen LogP contribution in [0.5, 0.6) is 5.88 Å². The molecule has 3 N–H and O–H groups in total. The fourth-order valence-corrected chi connectivity index (χ4v) is 7.40. The van der Waals surface area contributed by atoms with Crippen LogP contribution in [0.15, 0.2) is 67.9 Å². The van der Waals surface area contributed by atoms with Crippen molar-refractivity contribution in [2.45, 2.75) is 63.6 Å². The minimum absolute atomic E-state index is 0.0936. The summed E-state index contributed by atoms with van der Waals surface area (Å²) in [6, 6.07) is 3.40. The molecule has 0 radical (unpaired) electrons. The number of halogens is 3. The Morgan fingerprint density at radius 2 is 1.57 bits per heavy atom. The van der Waals surface area contributed by atoms with Gasteiger partial charge in [0.05, 0.1) is 30.4 Å². The lowest BCUT2D eigenvalue weighted by Crippen LogP contribution is -2.25. The lowest BCUT2D eigenvalue weighted by molar-refractivity contribution is 0.137. The average Bonchev–Trinajstić information content (AvgIpc) is 4.00. The second-order valence-electron chi connectivity index (χ2n) is 13.3. The summed E-state index contributed by atoms with van der Waals surface area (Å²) in [5.74, 6) is -0.947. The van der Waals surface area contributed by atoms with Crippen molar-refractivity contribution in [1.29, 1.82) is 0 Å². The monoisotopic (exact) mass is 742 g/mol. The van der Waals surface area contributed by atoms with Crippen LogP contribution in [-0.4, -0.2) is 76.7 Å². The Morgan fingerprint density at radius 3 is 2.21 bits per heavy atom. The Morgan fingerprint density at radius 1 is 0.830 bits per heavy atom. The fraction of sp³-hybridized carbons (Fsp3) is 0.353. The van der Waals surface area contributed by atoms with E-state index in [0.29, 0.717) is 37.9 Å². The van der Waals surface area contributed by atoms with Crippen molar-refractivity contribution in [2.75, 3.05) is 10.6 Å². The summed E-state index contributed by atoms with van der Waals surface area (Å²) in [6.45, 7) is 0. The van der Waals surface area contributed by atoms with E-state index in [0.717, 1.165) is 25.0 Å². The van der Waals surface area contributed by atoms with Gasteiger partial charge in [0.15, 0.2) is 16.8 Å². The maximum absolute atomic E-state index is 15.8. The Balaban J connectivity index is 0.945. The Hall–Kier alpha value is -5.75. The molecule has 4 unspecified atom stereocenters. The summed E-state index contributed by atoms with van der Waals surface area (Å²) < 4.78 is 39.6. The highest BCUT2D eigenvalue weighted by molar-refractivity contribution is 6.29. The molecule has 0 aromatic carbocycles. The Labute approximate surface area is 306 Å². The first-order valence-corrected chi connectivity index (χ1v) is 17.4. The molecule has 6 aromatic heterocycles. The van der Waals surface area contributed by atoms with Crippen LogP contribution in [0.2, 0.25) is 5.15 Å². The van der Waals surface area contributed by atoms with E-state index in [-0.39, 0.29) is 57.8 Å². The van der Waals surface area contributed by atoms with E-state index in [1.54, 1.807) is 43.1 Å². The molecule has 2 fully saturated rings. The maximum atomic E-state index is 15.8. The fourth-order valence-electron chi connectivity index (χ4n) is 7.23. The number of anilines is 4. The van der Waals surface area contributed by atoms with Crippen LogP contribution in [0.3, 0.4) is 0 Å². The van der Waals surface area contributed by atoms with Gasteiger partial charge in [-0.05, 0) is 74.8 Å². The molecule has 8 rings (SSSR count). The maximum Gasteiger partial charge on any atom is 0.258 e. The van der Waals surface area contributed by atoms with Gasteiger partial charge in [-0.3, -0.25) is 9.97 Å². The highest BCUT2D eigenvalue weighted by Crippen LogP contribution is 2.49. The van der Waals surface area contributed by atoms with E-state index < -0.39 is 17.7 Å². The lowest BCUT2D eigenvalue weighted by Gasteiger charge is -2.32. The molecule has 6 aromatic rings. The standard InChI is InChI=1S/C34H33ClF2N14O2/c35-28-26(36)29(47-32(46-28)50-11-1-7-42-50)45-25-19-40-21(17-41-25)15-34(6-5-22(52)16-34)14-20-3-4-23(13-20)53-31-27(37)30(44-24-18-38-9-10-39-24)48-33(49-31)51-12-2-8-43-51/h1-2,7-12,17-20,22-23,52H,3-6,13-16H2,(H,39,44,48,49)(H,41,45,46,47). The first-order valence-electron chi connectivity index (χ1n) is 17.1. The van der Waals surface area contributed by atoms with Crippen LogP contribution >= 0.6 is 11.6 Å². The summed E-state index contributed by atoms with van der Waals surface area (Å²) >= 11 is 6.03. The zero-order valence-corrected chi connectivity index (χ0v) is 28.9. The number of aromatic nitrogens is 12. The van der Waals surface area contributed by atoms with Crippen molar-refractivity contribution in [3.8, 4) is 17.8 Å². The van der Waals surface area contributed by atoms with Crippen molar-refractivity contribution >= 4 is 34.9 Å². The molecule has 2 saturated carbocycles. The lowest BCUT2D eigenvalue weighted by atomic mass is 9.74. The van der Waals surface area contributed by atoms with E-state index >= 15 is 4.39 Å². The van der Waals surface area contributed by atoms with Crippen LogP contribution in [0, 0.1) is 23.0 Å². The van der Waals surface area contributed by atoms with E-state index in [2.05, 4.69) is 60.7 Å². The number of rotatable bonds is 12. The SMILES string of the molecule is OC1CCC(Cc2cnc(Nc3nc(-n4cccn4)nc(Cl)c3F)cn2)(CC2CCC(Oc3nc(-n4cccn4)nc(Nc4cnccn4)c3F)C2)C1. The minimum atomic E-state index is -0.828. The molecular weight excluding hydrogens is 710 g/mol. The van der Waals surface area contributed by atoms with E-state index in [4.69, 9.17) is 16.3 Å². The molecule has 2 aliphatic rings. The Kier molecular flexibility index (Phi) is 9.53. The molecule has 0 spiro atoms. The van der Waals surface area contributed by atoms with Crippen LogP contribution in [-0.2, 0) is 6.42 Å². The van der Waals surface area contributed by atoms with E-state index in [1.807, 2.05) is 0 Å². The van der Waals surface area contributed by atoms with Crippen molar-refractivity contribution in [3.63, 3.8) is 0 Å². The van der Waals surface area contributed by atoms with Gasteiger partial charge < -0.3 is 20.5 Å². The van der Waals surface area contributed by atoms with Gasteiger partial charge in [0.25, 0.3) is 17.8 Å². The number of aliphatic hydroxyl groups is 1. The van der Waals surface area contributed by atoms with Crippen LogP contribution in [0.4, 0.5) is 32.1 Å². The zero-order valence-electron chi connectivity index (χ0n) is 28.1. The van der Waals surface area contributed by atoms with Crippen LogP contribution in [0.25, 0.3) is 11.9 Å². The van der Waals surface area contributed by atoms with Gasteiger partial charge in [0.2, 0.25) is 11.6 Å². The highest BCUT2D eigenvalue weighted by atomic mass is 35.5. The first-order chi connectivity index (χ1) is 25.8. The number of ether oxygens (including phenoxy) is 1. The largest absolute Gasteiger partial charge is 0.472 e. The average molecular weight is 743 g/mol. The third-order valence-corrected chi connectivity index (χ3v) is 9.76. The van der Waals surface area contributed by atoms with Crippen molar-refractivity contribution < 1.29 is 18.6 Å². The molecule has 0 amide bonds. The third kappa shape index (κ3) is 7.73. The molecule has 53 heavy (non-hydrogen) atoms. The number of aliphatic hydroxyl groups excluding tert-OH is 1. The predicted molar refractivity (Wildman–Crippen MR) is 186 cm³/mol. The van der Waals surface area contributed by atoms with E-state index in [9.17, 15) is 9.50 Å². The summed E-state index contributed by atoms with van der Waals surface area (Å²) in [6.07, 6.45) is 19.2. The molecule has 6 heterocycles. The normalized spacial score (nSPS) is 21.2. The highest BCUT2D eigenvalue weighted by Gasteiger charge is 2.42. The molecule has 0 aliphatic heterocycles. The van der Waals surface area contributed by atoms with Gasteiger partial charge in [-0.25, -0.2) is 19.3 Å². The summed E-state index contributed by atoms with van der Waals surface area (Å²) in [7, 11) is 0. The number of nitrogens with zero attached hydrogens (tertiary/aromatic N) is 12. The van der Waals surface area contributed by atoms with Crippen LogP contribution in [0.1, 0.15) is 50.6 Å². The summed E-state index contributed by atoms with van der Waals surface area (Å²) in [4.78, 5) is 34.1. The molecule has 16 nitrogen and oxygen atoms in total. The number of hydrogen-bond donors (Lipinski definition) is 3. The number of hydrogen-bond acceptors (Lipinski definition) is 14. The van der Waals surface area contributed by atoms with Gasteiger partial charge in [-0.1, -0.05) is 11.6 Å². The second-order valence-corrected chi connectivity index (χ2v) is 13.7. The molecule has 4 atom stereocenters. The quantitative estimate of drug-likeness (QED) is 0.136. The molecule has 0 saturated heterocycles. The molecule has 272 valence electrons. The topological polar surface area (TPSA) is 192 Å². The Bertz CT molecular complexity index is 2160. The first kappa shape index (κ1) is 34.3. The number of nitrogens with one attached hydrogen (secondary N) is 2. The van der Waals surface area contributed by atoms with Crippen molar-refractivity contribution in [2.24, 2.45) is 11.3 Å². The summed E-state index contributed by atoms with van der Waals surface area (Å²) in [5.41, 5.74) is 0.528. The summed E-state index contributed by atoms with van der Waals surface area (Å²) in [5, 5.41) is 24.3. The molecule has 2 aliphatic carbocycles. The molecule has 19 heteroatoms. The smallest absolute Gasteiger partial charge is 0.258 e. The predicted octanol–water partition coefficient (Wildman–Crippen LogP) is 5.35. The molecule has 0 bridgehead atoms. The second kappa shape index (κ2) is 14.7. The van der Waals surface area contributed by atoms with Gasteiger partial charge >= 0.3 is 0 Å². The van der Waals surface area contributed by atoms with Crippen molar-refractivity contribution in [1.82, 2.24) is 59.4 Å². The molecular formula is C34H33ClF2N14O2. The minimum Gasteiger partial charge on any atom is -0.472 e. The zero-order chi connectivity index (χ0) is 36.4.